The molecule has 0 aliphatic rings. The van der Waals surface area contributed by atoms with Crippen molar-refractivity contribution in [1.82, 2.24) is 5.32 Å². The molecule has 128 valence electrons. The molecule has 0 fully saturated rings. The number of hydrogen-bond donors (Lipinski definition) is 2. The van der Waals surface area contributed by atoms with Gasteiger partial charge in [-0.05, 0) is 43.7 Å². The first-order valence-electron chi connectivity index (χ1n) is 8.12. The highest BCUT2D eigenvalue weighted by Crippen LogP contribution is 2.32. The standard InChI is InChI=1S/C19H24N2O3/c1-3-23-17-10-6-7-11-18(17)24-16-9-5-4-8-15(16)19(22)21-13-14(2)12-20/h4-11,14H,3,12-13,20H2,1-2H3,(H,21,22). The zero-order chi connectivity index (χ0) is 17.4. The molecule has 0 saturated heterocycles. The van der Waals surface area contributed by atoms with E-state index in [2.05, 4.69) is 5.32 Å². The van der Waals surface area contributed by atoms with Crippen molar-refractivity contribution in [2.75, 3.05) is 19.7 Å². The summed E-state index contributed by atoms with van der Waals surface area (Å²) in [4.78, 5) is 12.4. The number of carbonyl (C=O) groups is 1. The Labute approximate surface area is 142 Å². The van der Waals surface area contributed by atoms with Crippen molar-refractivity contribution < 1.29 is 14.3 Å². The average molecular weight is 328 g/mol. The minimum atomic E-state index is -0.181. The van der Waals surface area contributed by atoms with Crippen molar-refractivity contribution in [1.29, 1.82) is 0 Å². The van der Waals surface area contributed by atoms with E-state index in [4.69, 9.17) is 15.2 Å². The quantitative estimate of drug-likeness (QED) is 0.780. The summed E-state index contributed by atoms with van der Waals surface area (Å²) in [6.07, 6.45) is 0. The highest BCUT2D eigenvalue weighted by atomic mass is 16.5. The minimum Gasteiger partial charge on any atom is -0.490 e. The van der Waals surface area contributed by atoms with E-state index >= 15 is 0 Å². The maximum atomic E-state index is 12.4. The van der Waals surface area contributed by atoms with Crippen molar-refractivity contribution in [2.24, 2.45) is 11.7 Å². The molecule has 5 nitrogen and oxygen atoms in total. The molecule has 0 aliphatic heterocycles. The first-order chi connectivity index (χ1) is 11.7. The predicted octanol–water partition coefficient (Wildman–Crippen LogP) is 3.20. The predicted molar refractivity (Wildman–Crippen MR) is 94.7 cm³/mol. The van der Waals surface area contributed by atoms with Gasteiger partial charge in [-0.15, -0.1) is 0 Å². The zero-order valence-electron chi connectivity index (χ0n) is 14.1. The van der Waals surface area contributed by atoms with E-state index < -0.39 is 0 Å². The van der Waals surface area contributed by atoms with E-state index in [1.54, 1.807) is 12.1 Å². The molecule has 2 rings (SSSR count). The molecular weight excluding hydrogens is 304 g/mol. The van der Waals surface area contributed by atoms with E-state index in [1.807, 2.05) is 50.2 Å². The van der Waals surface area contributed by atoms with Gasteiger partial charge in [-0.3, -0.25) is 4.79 Å². The number of para-hydroxylation sites is 3. The molecular formula is C19H24N2O3. The lowest BCUT2D eigenvalue weighted by molar-refractivity contribution is 0.0946. The van der Waals surface area contributed by atoms with Crippen LogP contribution in [0.15, 0.2) is 48.5 Å². The summed E-state index contributed by atoms with van der Waals surface area (Å²) >= 11 is 0. The number of benzene rings is 2. The highest BCUT2D eigenvalue weighted by molar-refractivity contribution is 5.97. The maximum absolute atomic E-state index is 12.4. The Hall–Kier alpha value is -2.53. The molecule has 0 radical (unpaired) electrons. The Morgan fingerprint density at radius 2 is 1.71 bits per heavy atom. The fourth-order valence-corrected chi connectivity index (χ4v) is 2.12. The largest absolute Gasteiger partial charge is 0.490 e. The fraction of sp³-hybridized carbons (Fsp3) is 0.316. The first kappa shape index (κ1) is 17.8. The summed E-state index contributed by atoms with van der Waals surface area (Å²) in [6.45, 7) is 5.50. The monoisotopic (exact) mass is 328 g/mol. The van der Waals surface area contributed by atoms with Gasteiger partial charge in [0, 0.05) is 6.54 Å². The lowest BCUT2D eigenvalue weighted by Gasteiger charge is -2.15. The summed E-state index contributed by atoms with van der Waals surface area (Å²) in [5, 5.41) is 2.89. The number of nitrogens with one attached hydrogen (secondary N) is 1. The van der Waals surface area contributed by atoms with Crippen LogP contribution < -0.4 is 20.5 Å². The molecule has 0 aromatic heterocycles. The van der Waals surface area contributed by atoms with Gasteiger partial charge in [-0.25, -0.2) is 0 Å². The van der Waals surface area contributed by atoms with E-state index in [-0.39, 0.29) is 11.8 Å². The number of hydrogen-bond acceptors (Lipinski definition) is 4. The normalized spacial score (nSPS) is 11.6. The smallest absolute Gasteiger partial charge is 0.255 e. The van der Waals surface area contributed by atoms with Gasteiger partial charge >= 0.3 is 0 Å². The fourth-order valence-electron chi connectivity index (χ4n) is 2.12. The molecule has 0 aliphatic carbocycles. The summed E-state index contributed by atoms with van der Waals surface area (Å²) in [5.74, 6) is 1.75. The zero-order valence-corrected chi connectivity index (χ0v) is 14.1. The Kier molecular flexibility index (Phi) is 6.63. The van der Waals surface area contributed by atoms with E-state index in [1.165, 1.54) is 0 Å². The maximum Gasteiger partial charge on any atom is 0.255 e. The van der Waals surface area contributed by atoms with Crippen LogP contribution in [0.1, 0.15) is 24.2 Å². The van der Waals surface area contributed by atoms with Gasteiger partial charge in [0.25, 0.3) is 5.91 Å². The second-order valence-corrected chi connectivity index (χ2v) is 5.53. The number of amides is 1. The van der Waals surface area contributed by atoms with E-state index in [0.717, 1.165) is 0 Å². The van der Waals surface area contributed by atoms with Crippen LogP contribution in [-0.4, -0.2) is 25.6 Å². The number of ether oxygens (including phenoxy) is 2. The minimum absolute atomic E-state index is 0.181. The number of rotatable bonds is 8. The van der Waals surface area contributed by atoms with Crippen LogP contribution in [-0.2, 0) is 0 Å². The van der Waals surface area contributed by atoms with E-state index in [9.17, 15) is 4.79 Å². The molecule has 5 heteroatoms. The molecule has 24 heavy (non-hydrogen) atoms. The van der Waals surface area contributed by atoms with Gasteiger partial charge in [0.1, 0.15) is 5.75 Å². The lowest BCUT2D eigenvalue weighted by atomic mass is 10.1. The molecule has 2 aromatic carbocycles. The molecule has 0 spiro atoms. The van der Waals surface area contributed by atoms with Crippen LogP contribution in [0.4, 0.5) is 0 Å². The van der Waals surface area contributed by atoms with Crippen LogP contribution in [0, 0.1) is 5.92 Å². The molecule has 0 saturated carbocycles. The van der Waals surface area contributed by atoms with Crippen LogP contribution in [0.5, 0.6) is 17.2 Å². The van der Waals surface area contributed by atoms with Crippen molar-refractivity contribution in [3.63, 3.8) is 0 Å². The molecule has 1 amide bonds. The Morgan fingerprint density at radius 3 is 2.38 bits per heavy atom. The number of carbonyl (C=O) groups excluding carboxylic acids is 1. The van der Waals surface area contributed by atoms with Crippen molar-refractivity contribution in [3.8, 4) is 17.2 Å². The molecule has 1 unspecified atom stereocenters. The number of nitrogens with two attached hydrogens (primary N) is 1. The van der Waals surface area contributed by atoms with Gasteiger partial charge in [0.05, 0.1) is 12.2 Å². The summed E-state index contributed by atoms with van der Waals surface area (Å²) in [7, 11) is 0. The Bertz CT molecular complexity index is 673. The highest BCUT2D eigenvalue weighted by Gasteiger charge is 2.15. The van der Waals surface area contributed by atoms with Gasteiger partial charge < -0.3 is 20.5 Å². The van der Waals surface area contributed by atoms with Gasteiger partial charge in [0.15, 0.2) is 11.5 Å². The average Bonchev–Trinajstić information content (AvgIpc) is 2.61. The van der Waals surface area contributed by atoms with Crippen molar-refractivity contribution in [2.45, 2.75) is 13.8 Å². The van der Waals surface area contributed by atoms with Crippen LogP contribution in [0.25, 0.3) is 0 Å². The van der Waals surface area contributed by atoms with Gasteiger partial charge in [-0.1, -0.05) is 31.2 Å². The third kappa shape index (κ3) is 4.73. The third-order valence-corrected chi connectivity index (χ3v) is 3.51. The summed E-state index contributed by atoms with van der Waals surface area (Å²) in [5.41, 5.74) is 6.06. The molecule has 2 aromatic rings. The summed E-state index contributed by atoms with van der Waals surface area (Å²) < 4.78 is 11.5. The Morgan fingerprint density at radius 1 is 1.08 bits per heavy atom. The lowest BCUT2D eigenvalue weighted by Crippen LogP contribution is -2.31. The van der Waals surface area contributed by atoms with Crippen LogP contribution >= 0.6 is 0 Å². The summed E-state index contributed by atoms with van der Waals surface area (Å²) in [6, 6.07) is 14.5. The molecule has 1 atom stereocenters. The van der Waals surface area contributed by atoms with E-state index in [0.29, 0.717) is 42.5 Å². The molecule has 3 N–H and O–H groups in total. The molecule has 0 bridgehead atoms. The van der Waals surface area contributed by atoms with Gasteiger partial charge in [-0.2, -0.15) is 0 Å². The van der Waals surface area contributed by atoms with Crippen molar-refractivity contribution in [3.05, 3.63) is 54.1 Å². The van der Waals surface area contributed by atoms with Crippen molar-refractivity contribution >= 4 is 5.91 Å². The van der Waals surface area contributed by atoms with Crippen LogP contribution in [0.3, 0.4) is 0 Å². The molecule has 0 heterocycles. The topological polar surface area (TPSA) is 73.6 Å². The second-order valence-electron chi connectivity index (χ2n) is 5.53. The SMILES string of the molecule is CCOc1ccccc1Oc1ccccc1C(=O)NCC(C)CN. The van der Waals surface area contributed by atoms with Crippen LogP contribution in [0.2, 0.25) is 0 Å². The Balaban J connectivity index is 2.19. The first-order valence-corrected chi connectivity index (χ1v) is 8.12. The second kappa shape index (κ2) is 8.93. The third-order valence-electron chi connectivity index (χ3n) is 3.51. The van der Waals surface area contributed by atoms with Gasteiger partial charge in [0.2, 0.25) is 0 Å².